The van der Waals surface area contributed by atoms with E-state index in [9.17, 15) is 9.59 Å². The van der Waals surface area contributed by atoms with Crippen molar-refractivity contribution in [3.8, 4) is 0 Å². The van der Waals surface area contributed by atoms with Crippen LogP contribution in [0.3, 0.4) is 0 Å². The molecule has 0 unspecified atom stereocenters. The van der Waals surface area contributed by atoms with Crippen LogP contribution in [0.15, 0.2) is 11.6 Å². The van der Waals surface area contributed by atoms with Crippen molar-refractivity contribution >= 4 is 11.6 Å². The molecular weight excluding hydrogens is 188 g/mol. The smallest absolute Gasteiger partial charge is 0.156 e. The van der Waals surface area contributed by atoms with E-state index in [1.165, 1.54) is 0 Å². The first-order valence-corrected chi connectivity index (χ1v) is 5.53. The Bertz CT molecular complexity index is 310. The summed E-state index contributed by atoms with van der Waals surface area (Å²) < 4.78 is 0. The number of ketones is 2. The molecule has 0 aromatic carbocycles. The molecule has 0 fully saturated rings. The normalized spacial score (nSPS) is 24.9. The number of hydrogen-bond acceptors (Lipinski definition) is 2. The standard InChI is InChI=1S/C13H20O2/c1-9-7-11(15)8-13(3,4)12(9)6-5-10(2)14/h7,12H,5-6,8H2,1-4H3/t12-/m0/s1. The summed E-state index contributed by atoms with van der Waals surface area (Å²) in [4.78, 5) is 22.4. The lowest BCUT2D eigenvalue weighted by atomic mass is 9.66. The number of carbonyl (C=O) groups is 2. The van der Waals surface area contributed by atoms with Gasteiger partial charge in [0.15, 0.2) is 5.78 Å². The molecule has 2 heteroatoms. The highest BCUT2D eigenvalue weighted by molar-refractivity contribution is 5.92. The minimum atomic E-state index is 0.00532. The van der Waals surface area contributed by atoms with Crippen molar-refractivity contribution in [1.29, 1.82) is 0 Å². The summed E-state index contributed by atoms with van der Waals surface area (Å²) >= 11 is 0. The molecule has 1 aliphatic rings. The molecule has 0 N–H and O–H groups in total. The number of carbonyl (C=O) groups excluding carboxylic acids is 2. The van der Waals surface area contributed by atoms with Crippen molar-refractivity contribution in [3.05, 3.63) is 11.6 Å². The molecule has 0 amide bonds. The van der Waals surface area contributed by atoms with E-state index in [0.29, 0.717) is 18.8 Å². The molecule has 0 aliphatic heterocycles. The van der Waals surface area contributed by atoms with E-state index in [0.717, 1.165) is 12.0 Å². The molecule has 0 heterocycles. The van der Waals surface area contributed by atoms with Gasteiger partial charge < -0.3 is 4.79 Å². The zero-order chi connectivity index (χ0) is 11.6. The summed E-state index contributed by atoms with van der Waals surface area (Å²) in [6.45, 7) is 7.86. The van der Waals surface area contributed by atoms with Crippen LogP contribution in [0.5, 0.6) is 0 Å². The fourth-order valence-electron chi connectivity index (χ4n) is 2.56. The van der Waals surface area contributed by atoms with Gasteiger partial charge in [-0.25, -0.2) is 0 Å². The fourth-order valence-corrected chi connectivity index (χ4v) is 2.56. The van der Waals surface area contributed by atoms with Crippen molar-refractivity contribution in [1.82, 2.24) is 0 Å². The molecule has 0 radical (unpaired) electrons. The zero-order valence-electron chi connectivity index (χ0n) is 10.1. The zero-order valence-corrected chi connectivity index (χ0v) is 10.1. The van der Waals surface area contributed by atoms with Crippen LogP contribution in [0, 0.1) is 11.3 Å². The van der Waals surface area contributed by atoms with Gasteiger partial charge in [-0.15, -0.1) is 0 Å². The summed E-state index contributed by atoms with van der Waals surface area (Å²) in [5.41, 5.74) is 1.14. The van der Waals surface area contributed by atoms with Crippen LogP contribution >= 0.6 is 0 Å². The Morgan fingerprint density at radius 3 is 2.60 bits per heavy atom. The number of allylic oxidation sites excluding steroid dienone is 2. The predicted molar refractivity (Wildman–Crippen MR) is 60.6 cm³/mol. The second-order valence-corrected chi connectivity index (χ2v) is 5.31. The van der Waals surface area contributed by atoms with E-state index in [1.54, 1.807) is 13.0 Å². The summed E-state index contributed by atoms with van der Waals surface area (Å²) in [5, 5.41) is 0. The monoisotopic (exact) mass is 208 g/mol. The molecule has 0 saturated carbocycles. The van der Waals surface area contributed by atoms with Crippen molar-refractivity contribution < 1.29 is 9.59 Å². The van der Waals surface area contributed by atoms with Gasteiger partial charge in [0, 0.05) is 12.8 Å². The van der Waals surface area contributed by atoms with Crippen molar-refractivity contribution in [2.75, 3.05) is 0 Å². The van der Waals surface area contributed by atoms with Gasteiger partial charge in [0.05, 0.1) is 0 Å². The third-order valence-corrected chi connectivity index (χ3v) is 3.30. The third kappa shape index (κ3) is 3.01. The minimum absolute atomic E-state index is 0.00532. The van der Waals surface area contributed by atoms with Crippen molar-refractivity contribution in [2.24, 2.45) is 11.3 Å². The molecule has 0 aromatic rings. The first-order valence-electron chi connectivity index (χ1n) is 5.53. The van der Waals surface area contributed by atoms with E-state index in [2.05, 4.69) is 13.8 Å². The van der Waals surface area contributed by atoms with E-state index in [-0.39, 0.29) is 17.0 Å². The molecule has 15 heavy (non-hydrogen) atoms. The number of rotatable bonds is 3. The van der Waals surface area contributed by atoms with E-state index < -0.39 is 0 Å². The number of hydrogen-bond donors (Lipinski definition) is 0. The first-order chi connectivity index (χ1) is 6.83. The van der Waals surface area contributed by atoms with E-state index >= 15 is 0 Å². The van der Waals surface area contributed by atoms with Gasteiger partial charge in [0.2, 0.25) is 0 Å². The van der Waals surface area contributed by atoms with E-state index in [1.807, 2.05) is 6.92 Å². The highest BCUT2D eigenvalue weighted by Gasteiger charge is 2.35. The Morgan fingerprint density at radius 1 is 1.53 bits per heavy atom. The largest absolute Gasteiger partial charge is 0.300 e. The highest BCUT2D eigenvalue weighted by Crippen LogP contribution is 2.42. The minimum Gasteiger partial charge on any atom is -0.300 e. The maximum atomic E-state index is 11.4. The predicted octanol–water partition coefficient (Wildman–Crippen LogP) is 2.92. The lowest BCUT2D eigenvalue weighted by Crippen LogP contribution is -2.32. The van der Waals surface area contributed by atoms with Crippen molar-refractivity contribution in [3.63, 3.8) is 0 Å². The highest BCUT2D eigenvalue weighted by atomic mass is 16.1. The molecule has 1 atom stereocenters. The number of Topliss-reactive ketones (excluding diaryl/α,β-unsaturated/α-hetero) is 1. The molecule has 0 spiro atoms. The van der Waals surface area contributed by atoms with Gasteiger partial charge in [-0.05, 0) is 37.7 Å². The molecular formula is C13H20O2. The molecule has 0 aromatic heterocycles. The fraction of sp³-hybridized carbons (Fsp3) is 0.692. The van der Waals surface area contributed by atoms with Crippen LogP contribution in [0.25, 0.3) is 0 Å². The van der Waals surface area contributed by atoms with Crippen LogP contribution in [0.1, 0.15) is 47.0 Å². The molecule has 1 rings (SSSR count). The average Bonchev–Trinajstić information content (AvgIpc) is 1.98. The maximum absolute atomic E-state index is 11.4. The quantitative estimate of drug-likeness (QED) is 0.714. The second kappa shape index (κ2) is 4.30. The second-order valence-electron chi connectivity index (χ2n) is 5.31. The Hall–Kier alpha value is -0.920. The molecule has 1 aliphatic carbocycles. The van der Waals surface area contributed by atoms with Gasteiger partial charge in [0.1, 0.15) is 5.78 Å². The summed E-state index contributed by atoms with van der Waals surface area (Å²) in [6.07, 6.45) is 3.84. The van der Waals surface area contributed by atoms with Gasteiger partial charge in [-0.1, -0.05) is 19.4 Å². The van der Waals surface area contributed by atoms with Gasteiger partial charge in [-0.2, -0.15) is 0 Å². The lowest BCUT2D eigenvalue weighted by Gasteiger charge is -2.37. The van der Waals surface area contributed by atoms with E-state index in [4.69, 9.17) is 0 Å². The lowest BCUT2D eigenvalue weighted by molar-refractivity contribution is -0.118. The molecule has 0 saturated heterocycles. The molecule has 0 bridgehead atoms. The molecule has 84 valence electrons. The first kappa shape index (κ1) is 12.2. The van der Waals surface area contributed by atoms with Gasteiger partial charge in [-0.3, -0.25) is 4.79 Å². The van der Waals surface area contributed by atoms with Crippen molar-refractivity contribution in [2.45, 2.75) is 47.0 Å². The van der Waals surface area contributed by atoms with Gasteiger partial charge >= 0.3 is 0 Å². The topological polar surface area (TPSA) is 34.1 Å². The van der Waals surface area contributed by atoms with Crippen LogP contribution in [0.2, 0.25) is 0 Å². The third-order valence-electron chi connectivity index (χ3n) is 3.30. The van der Waals surface area contributed by atoms with Crippen LogP contribution in [-0.2, 0) is 9.59 Å². The average molecular weight is 208 g/mol. The summed E-state index contributed by atoms with van der Waals surface area (Å²) in [7, 11) is 0. The summed E-state index contributed by atoms with van der Waals surface area (Å²) in [6, 6.07) is 0. The van der Waals surface area contributed by atoms with Crippen LogP contribution < -0.4 is 0 Å². The Kier molecular flexibility index (Phi) is 3.48. The maximum Gasteiger partial charge on any atom is 0.156 e. The Balaban J connectivity index is 2.79. The summed E-state index contributed by atoms with van der Waals surface area (Å²) in [5.74, 6) is 0.825. The molecule has 2 nitrogen and oxygen atoms in total. The van der Waals surface area contributed by atoms with Gasteiger partial charge in [0.25, 0.3) is 0 Å². The Morgan fingerprint density at radius 2 is 2.13 bits per heavy atom. The van der Waals surface area contributed by atoms with Crippen LogP contribution in [-0.4, -0.2) is 11.6 Å². The SMILES string of the molecule is CC(=O)CC[C@H]1C(C)=CC(=O)CC1(C)C. The van der Waals surface area contributed by atoms with Crippen LogP contribution in [0.4, 0.5) is 0 Å². The Labute approximate surface area is 91.7 Å².